The van der Waals surface area contributed by atoms with Gasteiger partial charge in [-0.1, -0.05) is 32.0 Å². The first-order chi connectivity index (χ1) is 11.5. The third kappa shape index (κ3) is 2.93. The number of rotatable bonds is 3. The molecular formula is C19H19N3O2. The van der Waals surface area contributed by atoms with Gasteiger partial charge in [-0.25, -0.2) is 4.98 Å². The Bertz CT molecular complexity index is 974. The summed E-state index contributed by atoms with van der Waals surface area (Å²) in [5.74, 6) is 0.620. The lowest BCUT2D eigenvalue weighted by atomic mass is 10.0. The minimum Gasteiger partial charge on any atom is -0.355 e. The van der Waals surface area contributed by atoms with Crippen molar-refractivity contribution in [3.8, 4) is 11.4 Å². The maximum Gasteiger partial charge on any atom is 0.259 e. The van der Waals surface area contributed by atoms with E-state index >= 15 is 0 Å². The molecule has 3 aromatic rings. The number of nitrogens with one attached hydrogen (secondary N) is 2. The van der Waals surface area contributed by atoms with Crippen molar-refractivity contribution in [1.82, 2.24) is 15.3 Å². The lowest BCUT2D eigenvalue weighted by Gasteiger charge is -2.08. The van der Waals surface area contributed by atoms with E-state index < -0.39 is 0 Å². The maximum atomic E-state index is 12.4. The Hall–Kier alpha value is -2.95. The van der Waals surface area contributed by atoms with Gasteiger partial charge in [-0.05, 0) is 35.7 Å². The number of amides is 1. The number of nitrogens with zero attached hydrogens (tertiary/aromatic N) is 1. The van der Waals surface area contributed by atoms with Crippen LogP contribution in [0.1, 0.15) is 35.7 Å². The molecule has 1 aromatic heterocycles. The van der Waals surface area contributed by atoms with Crippen LogP contribution >= 0.6 is 0 Å². The molecule has 5 nitrogen and oxygen atoms in total. The zero-order valence-electron chi connectivity index (χ0n) is 13.9. The number of benzene rings is 2. The molecule has 3 rings (SSSR count). The molecule has 2 N–H and O–H groups in total. The maximum absolute atomic E-state index is 12.4. The first-order valence-electron chi connectivity index (χ1n) is 7.86. The van der Waals surface area contributed by atoms with E-state index in [1.807, 2.05) is 24.3 Å². The molecule has 2 aromatic carbocycles. The van der Waals surface area contributed by atoms with Gasteiger partial charge < -0.3 is 10.3 Å². The molecule has 0 unspecified atom stereocenters. The normalized spacial score (nSPS) is 11.0. The smallest absolute Gasteiger partial charge is 0.259 e. The van der Waals surface area contributed by atoms with Crippen LogP contribution in [0.3, 0.4) is 0 Å². The highest BCUT2D eigenvalue weighted by molar-refractivity contribution is 5.95. The SMILES string of the molecule is CNC(=O)c1cccc(-c2nc3ccc(C(C)C)cc3c(=O)[nH]2)c1. The molecule has 0 saturated carbocycles. The summed E-state index contributed by atoms with van der Waals surface area (Å²) in [4.78, 5) is 31.6. The van der Waals surface area contributed by atoms with Gasteiger partial charge in [0.05, 0.1) is 10.9 Å². The molecule has 0 radical (unpaired) electrons. The van der Waals surface area contributed by atoms with Gasteiger partial charge in [-0.3, -0.25) is 9.59 Å². The Labute approximate surface area is 139 Å². The topological polar surface area (TPSA) is 74.8 Å². The fourth-order valence-electron chi connectivity index (χ4n) is 2.60. The van der Waals surface area contributed by atoms with Crippen LogP contribution in [0, 0.1) is 0 Å². The Morgan fingerprint density at radius 2 is 1.96 bits per heavy atom. The van der Waals surface area contributed by atoms with Gasteiger partial charge in [0, 0.05) is 18.2 Å². The average Bonchev–Trinajstić information content (AvgIpc) is 2.60. The molecule has 1 amide bonds. The second-order valence-corrected chi connectivity index (χ2v) is 6.01. The number of hydrogen-bond acceptors (Lipinski definition) is 3. The Kier molecular flexibility index (Phi) is 4.16. The number of H-pyrrole nitrogens is 1. The molecular weight excluding hydrogens is 302 g/mol. The summed E-state index contributed by atoms with van der Waals surface area (Å²) in [6.45, 7) is 4.17. The van der Waals surface area contributed by atoms with Crippen LogP contribution in [-0.2, 0) is 0 Å². The third-order valence-corrected chi connectivity index (χ3v) is 4.02. The highest BCUT2D eigenvalue weighted by Gasteiger charge is 2.10. The summed E-state index contributed by atoms with van der Waals surface area (Å²) in [5, 5.41) is 3.16. The van der Waals surface area contributed by atoms with Crippen LogP contribution < -0.4 is 10.9 Å². The van der Waals surface area contributed by atoms with Crippen molar-refractivity contribution in [2.75, 3.05) is 7.05 Å². The molecule has 0 atom stereocenters. The van der Waals surface area contributed by atoms with Gasteiger partial charge in [0.1, 0.15) is 5.82 Å². The lowest BCUT2D eigenvalue weighted by molar-refractivity contribution is 0.0963. The summed E-state index contributed by atoms with van der Waals surface area (Å²) in [6.07, 6.45) is 0. The van der Waals surface area contributed by atoms with E-state index in [-0.39, 0.29) is 11.5 Å². The van der Waals surface area contributed by atoms with Crippen LogP contribution in [0.5, 0.6) is 0 Å². The number of hydrogen-bond donors (Lipinski definition) is 2. The van der Waals surface area contributed by atoms with E-state index in [0.29, 0.717) is 33.8 Å². The van der Waals surface area contributed by atoms with Crippen LogP contribution in [0.15, 0.2) is 47.3 Å². The van der Waals surface area contributed by atoms with E-state index in [4.69, 9.17) is 0 Å². The Morgan fingerprint density at radius 1 is 1.17 bits per heavy atom. The van der Waals surface area contributed by atoms with Gasteiger partial charge in [0.2, 0.25) is 0 Å². The number of carbonyl (C=O) groups excluding carboxylic acids is 1. The van der Waals surface area contributed by atoms with E-state index in [1.54, 1.807) is 25.2 Å². The van der Waals surface area contributed by atoms with Gasteiger partial charge in [0.25, 0.3) is 11.5 Å². The molecule has 0 aliphatic heterocycles. The molecule has 1 heterocycles. The zero-order valence-corrected chi connectivity index (χ0v) is 13.9. The van der Waals surface area contributed by atoms with E-state index in [0.717, 1.165) is 5.56 Å². The van der Waals surface area contributed by atoms with Gasteiger partial charge in [0.15, 0.2) is 0 Å². The minimum atomic E-state index is -0.179. The van der Waals surface area contributed by atoms with Gasteiger partial charge >= 0.3 is 0 Å². The van der Waals surface area contributed by atoms with Gasteiger partial charge in [-0.15, -0.1) is 0 Å². The molecule has 5 heteroatoms. The fourth-order valence-corrected chi connectivity index (χ4v) is 2.60. The summed E-state index contributed by atoms with van der Waals surface area (Å²) >= 11 is 0. The molecule has 0 aliphatic carbocycles. The van der Waals surface area contributed by atoms with Crippen LogP contribution in [0.25, 0.3) is 22.3 Å². The van der Waals surface area contributed by atoms with Crippen LogP contribution in [0.4, 0.5) is 0 Å². The molecule has 0 aliphatic rings. The van der Waals surface area contributed by atoms with Crippen molar-refractivity contribution in [2.24, 2.45) is 0 Å². The van der Waals surface area contributed by atoms with Gasteiger partial charge in [-0.2, -0.15) is 0 Å². The highest BCUT2D eigenvalue weighted by atomic mass is 16.1. The Morgan fingerprint density at radius 3 is 2.67 bits per heavy atom. The zero-order chi connectivity index (χ0) is 17.3. The minimum absolute atomic E-state index is 0.178. The van der Waals surface area contributed by atoms with Crippen molar-refractivity contribution in [3.05, 3.63) is 63.9 Å². The second-order valence-electron chi connectivity index (χ2n) is 6.01. The van der Waals surface area contributed by atoms with Crippen molar-refractivity contribution < 1.29 is 4.79 Å². The van der Waals surface area contributed by atoms with E-state index in [2.05, 4.69) is 29.1 Å². The number of aromatic nitrogens is 2. The summed E-state index contributed by atoms with van der Waals surface area (Å²) in [7, 11) is 1.58. The summed E-state index contributed by atoms with van der Waals surface area (Å²) < 4.78 is 0. The van der Waals surface area contributed by atoms with E-state index in [1.165, 1.54) is 0 Å². The molecule has 0 fully saturated rings. The third-order valence-electron chi connectivity index (χ3n) is 4.02. The first-order valence-corrected chi connectivity index (χ1v) is 7.86. The van der Waals surface area contributed by atoms with Crippen LogP contribution in [0.2, 0.25) is 0 Å². The molecule has 122 valence electrons. The first kappa shape index (κ1) is 15.9. The van der Waals surface area contributed by atoms with Crippen molar-refractivity contribution in [3.63, 3.8) is 0 Å². The highest BCUT2D eigenvalue weighted by Crippen LogP contribution is 2.21. The molecule has 24 heavy (non-hydrogen) atoms. The standard InChI is InChI=1S/C19H19N3O2/c1-11(2)12-7-8-16-15(10-12)19(24)22-17(21-16)13-5-4-6-14(9-13)18(23)20-3/h4-11H,1-3H3,(H,20,23)(H,21,22,24). The number of aromatic amines is 1. The molecule has 0 spiro atoms. The summed E-state index contributed by atoms with van der Waals surface area (Å²) in [5.41, 5.74) is 2.78. The lowest BCUT2D eigenvalue weighted by Crippen LogP contribution is -2.17. The van der Waals surface area contributed by atoms with Crippen LogP contribution in [-0.4, -0.2) is 22.9 Å². The molecule has 0 bridgehead atoms. The fraction of sp³-hybridized carbons (Fsp3) is 0.211. The average molecular weight is 321 g/mol. The predicted molar refractivity (Wildman–Crippen MR) is 95.3 cm³/mol. The molecule has 0 saturated heterocycles. The second kappa shape index (κ2) is 6.28. The van der Waals surface area contributed by atoms with Crippen molar-refractivity contribution in [1.29, 1.82) is 0 Å². The number of carbonyl (C=O) groups is 1. The predicted octanol–water partition coefficient (Wildman–Crippen LogP) is 3.07. The van der Waals surface area contributed by atoms with E-state index in [9.17, 15) is 9.59 Å². The number of fused-ring (bicyclic) bond motifs is 1. The monoisotopic (exact) mass is 321 g/mol. The Balaban J connectivity index is 2.13. The van der Waals surface area contributed by atoms with Crippen molar-refractivity contribution in [2.45, 2.75) is 19.8 Å². The van der Waals surface area contributed by atoms with Crippen molar-refractivity contribution >= 4 is 16.8 Å². The quantitative estimate of drug-likeness (QED) is 0.778. The largest absolute Gasteiger partial charge is 0.355 e. The summed E-state index contributed by atoms with van der Waals surface area (Å²) in [6, 6.07) is 12.8.